The minimum absolute atomic E-state index is 0.109. The van der Waals surface area contributed by atoms with Crippen molar-refractivity contribution in [1.29, 1.82) is 0 Å². The molecule has 3 nitrogen and oxygen atoms in total. The number of nitrogens with one attached hydrogen (secondary N) is 1. The van der Waals surface area contributed by atoms with E-state index in [1.807, 2.05) is 6.92 Å². The summed E-state index contributed by atoms with van der Waals surface area (Å²) in [5.41, 5.74) is 1.07. The van der Waals surface area contributed by atoms with Crippen LogP contribution in [0.3, 0.4) is 0 Å². The summed E-state index contributed by atoms with van der Waals surface area (Å²) in [5.74, 6) is -0.0536. The number of aliphatic hydroxyl groups excluding tert-OH is 1. The summed E-state index contributed by atoms with van der Waals surface area (Å²) >= 11 is 0. The van der Waals surface area contributed by atoms with Crippen LogP contribution in [0.15, 0.2) is 36.4 Å². The molecule has 7 heteroatoms. The van der Waals surface area contributed by atoms with E-state index in [9.17, 15) is 22.7 Å². The maximum Gasteiger partial charge on any atom is 0.418 e. The van der Waals surface area contributed by atoms with E-state index >= 15 is 0 Å². The maximum atomic E-state index is 13.4. The van der Waals surface area contributed by atoms with Crippen LogP contribution in [0.5, 0.6) is 5.75 Å². The van der Waals surface area contributed by atoms with Crippen LogP contribution in [-0.4, -0.2) is 18.4 Å². The lowest BCUT2D eigenvalue weighted by Gasteiger charge is -2.20. The number of aliphatic hydroxyl groups is 1. The number of anilines is 1. The van der Waals surface area contributed by atoms with Crippen molar-refractivity contribution in [2.24, 2.45) is 0 Å². The van der Waals surface area contributed by atoms with E-state index in [4.69, 9.17) is 4.74 Å². The number of ether oxygens (including phenoxy) is 1. The van der Waals surface area contributed by atoms with Gasteiger partial charge < -0.3 is 15.2 Å². The maximum absolute atomic E-state index is 13.4. The lowest BCUT2D eigenvalue weighted by molar-refractivity contribution is -0.206. The summed E-state index contributed by atoms with van der Waals surface area (Å²) < 4.78 is 56.9. The highest BCUT2D eigenvalue weighted by Gasteiger charge is 2.40. The second kappa shape index (κ2) is 7.09. The van der Waals surface area contributed by atoms with Crippen molar-refractivity contribution in [2.45, 2.75) is 25.7 Å². The Morgan fingerprint density at radius 3 is 2.54 bits per heavy atom. The minimum atomic E-state index is -4.83. The lowest BCUT2D eigenvalue weighted by Crippen LogP contribution is -2.21. The summed E-state index contributed by atoms with van der Waals surface area (Å²) in [7, 11) is 1.52. The Hall–Kier alpha value is -2.28. The number of rotatable bonds is 5. The molecule has 2 aromatic carbocycles. The third-order valence-corrected chi connectivity index (χ3v) is 3.71. The first-order valence-corrected chi connectivity index (χ1v) is 7.14. The van der Waals surface area contributed by atoms with Crippen LogP contribution in [0.1, 0.15) is 22.8 Å². The Kier molecular flexibility index (Phi) is 5.33. The molecule has 2 N–H and O–H groups in total. The molecule has 0 spiro atoms. The standard InChI is InChI=1S/C17H17F4NO2/c1-10-11(4-3-5-15(10)24-2)9-22-14-8-12(18)6-7-13(14)16(23)17(19,20)21/h3-8,16,22-23H,9H2,1-2H3. The molecule has 1 atom stereocenters. The fourth-order valence-electron chi connectivity index (χ4n) is 2.36. The van der Waals surface area contributed by atoms with Crippen LogP contribution >= 0.6 is 0 Å². The number of methoxy groups -OCH3 is 1. The molecule has 130 valence electrons. The SMILES string of the molecule is COc1cccc(CNc2cc(F)ccc2C(O)C(F)(F)F)c1C. The van der Waals surface area contributed by atoms with Crippen molar-refractivity contribution in [1.82, 2.24) is 0 Å². The molecule has 1 unspecified atom stereocenters. The monoisotopic (exact) mass is 343 g/mol. The fraction of sp³-hybridized carbons (Fsp3) is 0.294. The van der Waals surface area contributed by atoms with Gasteiger partial charge in [0.25, 0.3) is 0 Å². The molecule has 0 saturated carbocycles. The summed E-state index contributed by atoms with van der Waals surface area (Å²) in [6, 6.07) is 8.03. The van der Waals surface area contributed by atoms with E-state index in [0.29, 0.717) is 5.75 Å². The zero-order valence-electron chi connectivity index (χ0n) is 13.1. The molecule has 2 aromatic rings. The molecular weight excluding hydrogens is 326 g/mol. The van der Waals surface area contributed by atoms with Crippen LogP contribution in [0.2, 0.25) is 0 Å². The van der Waals surface area contributed by atoms with Crippen molar-refractivity contribution in [3.8, 4) is 5.75 Å². The van der Waals surface area contributed by atoms with Crippen molar-refractivity contribution in [3.63, 3.8) is 0 Å². The molecule has 0 fully saturated rings. The van der Waals surface area contributed by atoms with E-state index in [1.165, 1.54) is 7.11 Å². The van der Waals surface area contributed by atoms with Gasteiger partial charge in [0.05, 0.1) is 7.11 Å². The Balaban J connectivity index is 2.28. The van der Waals surface area contributed by atoms with Crippen molar-refractivity contribution in [3.05, 3.63) is 58.9 Å². The molecule has 24 heavy (non-hydrogen) atoms. The molecule has 0 bridgehead atoms. The third-order valence-electron chi connectivity index (χ3n) is 3.71. The number of alkyl halides is 3. The highest BCUT2D eigenvalue weighted by atomic mass is 19.4. The largest absolute Gasteiger partial charge is 0.496 e. The fourth-order valence-corrected chi connectivity index (χ4v) is 2.36. The average molecular weight is 343 g/mol. The van der Waals surface area contributed by atoms with Crippen LogP contribution < -0.4 is 10.1 Å². The van der Waals surface area contributed by atoms with Gasteiger partial charge in [0, 0.05) is 17.8 Å². The van der Waals surface area contributed by atoms with Gasteiger partial charge in [-0.2, -0.15) is 13.2 Å². The summed E-state index contributed by atoms with van der Waals surface area (Å²) in [5, 5.41) is 12.2. The molecule has 0 aliphatic heterocycles. The number of benzene rings is 2. The predicted octanol–water partition coefficient (Wildman–Crippen LogP) is 4.35. The number of hydrogen-bond donors (Lipinski definition) is 2. The van der Waals surface area contributed by atoms with E-state index in [2.05, 4.69) is 5.32 Å². The van der Waals surface area contributed by atoms with Crippen molar-refractivity contribution in [2.75, 3.05) is 12.4 Å². The average Bonchev–Trinajstić information content (AvgIpc) is 2.52. The molecular formula is C17H17F4NO2. The number of halogens is 4. The lowest BCUT2D eigenvalue weighted by atomic mass is 10.0. The summed E-state index contributed by atoms with van der Waals surface area (Å²) in [6.45, 7) is 1.97. The first-order valence-electron chi connectivity index (χ1n) is 7.14. The van der Waals surface area contributed by atoms with Crippen molar-refractivity contribution >= 4 is 5.69 Å². The molecule has 0 saturated heterocycles. The number of hydrogen-bond acceptors (Lipinski definition) is 3. The van der Waals surface area contributed by atoms with Crippen molar-refractivity contribution < 1.29 is 27.4 Å². The highest BCUT2D eigenvalue weighted by Crippen LogP contribution is 2.36. The van der Waals surface area contributed by atoms with Crippen LogP contribution in [0.4, 0.5) is 23.2 Å². The highest BCUT2D eigenvalue weighted by molar-refractivity contribution is 5.54. The van der Waals surface area contributed by atoms with Gasteiger partial charge in [-0.1, -0.05) is 18.2 Å². The van der Waals surface area contributed by atoms with E-state index in [0.717, 1.165) is 29.3 Å². The quantitative estimate of drug-likeness (QED) is 0.793. The van der Waals surface area contributed by atoms with E-state index in [-0.39, 0.29) is 12.2 Å². The van der Waals surface area contributed by atoms with Gasteiger partial charge >= 0.3 is 6.18 Å². The normalized spacial score (nSPS) is 12.8. The minimum Gasteiger partial charge on any atom is -0.496 e. The summed E-state index contributed by atoms with van der Waals surface area (Å²) in [6.07, 6.45) is -7.52. The molecule has 0 aromatic heterocycles. The molecule has 2 rings (SSSR count). The van der Waals surface area contributed by atoms with Crippen LogP contribution in [-0.2, 0) is 6.54 Å². The topological polar surface area (TPSA) is 41.5 Å². The van der Waals surface area contributed by atoms with Crippen LogP contribution in [0.25, 0.3) is 0 Å². The van der Waals surface area contributed by atoms with E-state index < -0.39 is 23.7 Å². The van der Waals surface area contributed by atoms with Crippen LogP contribution in [0, 0.1) is 12.7 Å². The molecule has 0 heterocycles. The molecule has 0 aliphatic carbocycles. The summed E-state index contributed by atoms with van der Waals surface area (Å²) in [4.78, 5) is 0. The molecule has 0 aliphatic rings. The Bertz CT molecular complexity index is 716. The molecule has 0 radical (unpaired) electrons. The first kappa shape index (κ1) is 18.1. The van der Waals surface area contributed by atoms with Gasteiger partial charge in [0.15, 0.2) is 6.10 Å². The van der Waals surface area contributed by atoms with Gasteiger partial charge in [-0.25, -0.2) is 4.39 Å². The smallest absolute Gasteiger partial charge is 0.418 e. The Morgan fingerprint density at radius 1 is 1.21 bits per heavy atom. The predicted molar refractivity (Wildman–Crippen MR) is 82.5 cm³/mol. The second-order valence-electron chi connectivity index (χ2n) is 5.27. The van der Waals surface area contributed by atoms with Gasteiger partial charge in [0.1, 0.15) is 11.6 Å². The van der Waals surface area contributed by atoms with Gasteiger partial charge in [0.2, 0.25) is 0 Å². The Morgan fingerprint density at radius 2 is 1.92 bits per heavy atom. The zero-order valence-corrected chi connectivity index (χ0v) is 13.1. The first-order chi connectivity index (χ1) is 11.2. The van der Waals surface area contributed by atoms with Gasteiger partial charge in [-0.15, -0.1) is 0 Å². The second-order valence-corrected chi connectivity index (χ2v) is 5.27. The molecule has 0 amide bonds. The van der Waals surface area contributed by atoms with Gasteiger partial charge in [-0.05, 0) is 36.2 Å². The Labute approximate surface area is 136 Å². The third kappa shape index (κ3) is 3.97. The van der Waals surface area contributed by atoms with Gasteiger partial charge in [-0.3, -0.25) is 0 Å². The van der Waals surface area contributed by atoms with E-state index in [1.54, 1.807) is 18.2 Å². The zero-order chi connectivity index (χ0) is 17.9.